The molecular formula is C20H25N3OS. The van der Waals surface area contributed by atoms with Crippen molar-refractivity contribution in [1.29, 1.82) is 0 Å². The van der Waals surface area contributed by atoms with E-state index in [1.807, 2.05) is 11.0 Å². The molecule has 4 rings (SSSR count). The Morgan fingerprint density at radius 1 is 1.20 bits per heavy atom. The van der Waals surface area contributed by atoms with Gasteiger partial charge >= 0.3 is 0 Å². The van der Waals surface area contributed by atoms with Gasteiger partial charge in [0.05, 0.1) is 10.7 Å². The fourth-order valence-corrected chi connectivity index (χ4v) is 5.03. The molecule has 1 fully saturated rings. The standard InChI is InChI=1S/C20H25N3OS/c1-14-19(25-15(2)21-14)13-22-10-7-17(8-11-22)20(24)23-12-9-16-5-3-4-6-18(16)23/h3-6,17H,7-13H2,1-2H3. The second-order valence-corrected chi connectivity index (χ2v) is 8.45. The molecule has 4 nitrogen and oxygen atoms in total. The van der Waals surface area contributed by atoms with Gasteiger partial charge in [0.1, 0.15) is 0 Å². The highest BCUT2D eigenvalue weighted by Gasteiger charge is 2.32. The molecule has 0 unspecified atom stereocenters. The second kappa shape index (κ2) is 6.89. The number of likely N-dealkylation sites (tertiary alicyclic amines) is 1. The molecule has 2 aliphatic heterocycles. The molecule has 2 aliphatic rings. The van der Waals surface area contributed by atoms with Crippen molar-refractivity contribution in [2.75, 3.05) is 24.5 Å². The minimum atomic E-state index is 0.173. The molecule has 0 atom stereocenters. The van der Waals surface area contributed by atoms with E-state index < -0.39 is 0 Å². The molecule has 25 heavy (non-hydrogen) atoms. The van der Waals surface area contributed by atoms with Crippen LogP contribution >= 0.6 is 11.3 Å². The maximum absolute atomic E-state index is 13.0. The number of piperidine rings is 1. The van der Waals surface area contributed by atoms with E-state index in [0.29, 0.717) is 5.91 Å². The predicted molar refractivity (Wildman–Crippen MR) is 102 cm³/mol. The molecule has 5 heteroatoms. The molecule has 0 spiro atoms. The number of aromatic nitrogens is 1. The highest BCUT2D eigenvalue weighted by atomic mass is 32.1. The van der Waals surface area contributed by atoms with Gasteiger partial charge in [0, 0.05) is 29.6 Å². The summed E-state index contributed by atoms with van der Waals surface area (Å²) in [5, 5.41) is 1.14. The lowest BCUT2D eigenvalue weighted by Crippen LogP contribution is -2.41. The first kappa shape index (κ1) is 16.7. The monoisotopic (exact) mass is 355 g/mol. The van der Waals surface area contributed by atoms with Crippen LogP contribution < -0.4 is 4.90 Å². The number of carbonyl (C=O) groups is 1. The fourth-order valence-electron chi connectivity index (χ4n) is 4.05. The van der Waals surface area contributed by atoms with E-state index >= 15 is 0 Å². The molecule has 0 bridgehead atoms. The average Bonchev–Trinajstić information content (AvgIpc) is 3.18. The van der Waals surface area contributed by atoms with Crippen molar-refractivity contribution < 1.29 is 4.79 Å². The van der Waals surface area contributed by atoms with Crippen LogP contribution in [0.15, 0.2) is 24.3 Å². The summed E-state index contributed by atoms with van der Waals surface area (Å²) in [5.74, 6) is 0.501. The molecule has 3 heterocycles. The molecule has 2 aromatic rings. The number of hydrogen-bond donors (Lipinski definition) is 0. The first-order chi connectivity index (χ1) is 12.1. The molecule has 1 saturated heterocycles. The molecule has 1 amide bonds. The molecule has 1 aromatic heterocycles. The Balaban J connectivity index is 1.36. The lowest BCUT2D eigenvalue weighted by molar-refractivity contribution is -0.123. The normalized spacial score (nSPS) is 18.6. The second-order valence-electron chi connectivity index (χ2n) is 7.16. The van der Waals surface area contributed by atoms with Crippen LogP contribution in [0.3, 0.4) is 0 Å². The van der Waals surface area contributed by atoms with Gasteiger partial charge in [-0.05, 0) is 57.8 Å². The average molecular weight is 356 g/mol. The van der Waals surface area contributed by atoms with Crippen LogP contribution in [0.25, 0.3) is 0 Å². The number of anilines is 1. The highest BCUT2D eigenvalue weighted by Crippen LogP contribution is 2.31. The SMILES string of the molecule is Cc1nc(C)c(CN2CCC(C(=O)N3CCc4ccccc43)CC2)s1. The van der Waals surface area contributed by atoms with Crippen molar-refractivity contribution in [3.05, 3.63) is 45.4 Å². The first-order valence-electron chi connectivity index (χ1n) is 9.16. The number of hydrogen-bond acceptors (Lipinski definition) is 4. The van der Waals surface area contributed by atoms with E-state index in [9.17, 15) is 4.79 Å². The maximum Gasteiger partial charge on any atom is 0.230 e. The zero-order chi connectivity index (χ0) is 17.4. The van der Waals surface area contributed by atoms with Crippen LogP contribution in [-0.4, -0.2) is 35.4 Å². The highest BCUT2D eigenvalue weighted by molar-refractivity contribution is 7.11. The number of thiazole rings is 1. The number of para-hydroxylation sites is 1. The smallest absolute Gasteiger partial charge is 0.230 e. The number of benzene rings is 1. The lowest BCUT2D eigenvalue weighted by atomic mass is 9.95. The van der Waals surface area contributed by atoms with Gasteiger partial charge in [0.15, 0.2) is 0 Å². The summed E-state index contributed by atoms with van der Waals surface area (Å²) in [6.07, 6.45) is 2.92. The minimum Gasteiger partial charge on any atom is -0.312 e. The van der Waals surface area contributed by atoms with Crippen molar-refractivity contribution in [3.8, 4) is 0 Å². The van der Waals surface area contributed by atoms with Crippen molar-refractivity contribution in [2.24, 2.45) is 5.92 Å². The Morgan fingerprint density at radius 2 is 1.96 bits per heavy atom. The molecular weight excluding hydrogens is 330 g/mol. The van der Waals surface area contributed by atoms with Crippen molar-refractivity contribution in [2.45, 2.75) is 39.7 Å². The van der Waals surface area contributed by atoms with E-state index in [0.717, 1.165) is 61.8 Å². The van der Waals surface area contributed by atoms with Gasteiger partial charge in [-0.2, -0.15) is 0 Å². The van der Waals surface area contributed by atoms with E-state index in [1.165, 1.54) is 10.4 Å². The van der Waals surface area contributed by atoms with Crippen LogP contribution in [0.1, 0.15) is 34.0 Å². The van der Waals surface area contributed by atoms with Crippen LogP contribution in [0.2, 0.25) is 0 Å². The summed E-state index contributed by atoms with van der Waals surface area (Å²) in [5.41, 5.74) is 3.60. The molecule has 0 aliphatic carbocycles. The van der Waals surface area contributed by atoms with Gasteiger partial charge in [-0.1, -0.05) is 18.2 Å². The van der Waals surface area contributed by atoms with E-state index in [-0.39, 0.29) is 5.92 Å². The Hall–Kier alpha value is -1.72. The van der Waals surface area contributed by atoms with Gasteiger partial charge in [-0.15, -0.1) is 11.3 Å². The lowest BCUT2D eigenvalue weighted by Gasteiger charge is -2.33. The third-order valence-corrected chi connectivity index (χ3v) is 6.51. The Kier molecular flexibility index (Phi) is 4.61. The third kappa shape index (κ3) is 3.35. The molecule has 0 N–H and O–H groups in total. The third-order valence-electron chi connectivity index (χ3n) is 5.46. The van der Waals surface area contributed by atoms with Crippen LogP contribution in [-0.2, 0) is 17.8 Å². The topological polar surface area (TPSA) is 36.4 Å². The summed E-state index contributed by atoms with van der Waals surface area (Å²) in [6, 6.07) is 8.33. The summed E-state index contributed by atoms with van der Waals surface area (Å²) >= 11 is 1.80. The van der Waals surface area contributed by atoms with Crippen molar-refractivity contribution in [1.82, 2.24) is 9.88 Å². The molecule has 0 radical (unpaired) electrons. The zero-order valence-corrected chi connectivity index (χ0v) is 15.8. The first-order valence-corrected chi connectivity index (χ1v) is 9.98. The van der Waals surface area contributed by atoms with E-state index in [4.69, 9.17) is 0 Å². The number of fused-ring (bicyclic) bond motifs is 1. The number of rotatable bonds is 3. The molecule has 132 valence electrons. The van der Waals surface area contributed by atoms with Gasteiger partial charge < -0.3 is 4.90 Å². The number of amides is 1. The van der Waals surface area contributed by atoms with Crippen LogP contribution in [0.5, 0.6) is 0 Å². The van der Waals surface area contributed by atoms with Gasteiger partial charge in [0.25, 0.3) is 0 Å². The van der Waals surface area contributed by atoms with Crippen LogP contribution in [0.4, 0.5) is 5.69 Å². The predicted octanol–water partition coefficient (Wildman–Crippen LogP) is 3.56. The largest absolute Gasteiger partial charge is 0.312 e. The van der Waals surface area contributed by atoms with Gasteiger partial charge in [0.2, 0.25) is 5.91 Å². The summed E-state index contributed by atoms with van der Waals surface area (Å²) in [6.45, 7) is 7.99. The Morgan fingerprint density at radius 3 is 2.68 bits per heavy atom. The number of nitrogens with zero attached hydrogens (tertiary/aromatic N) is 3. The Labute approximate surface area is 153 Å². The quantitative estimate of drug-likeness (QED) is 0.845. The number of aryl methyl sites for hydroxylation is 2. The van der Waals surface area contributed by atoms with Gasteiger partial charge in [-0.25, -0.2) is 4.98 Å². The van der Waals surface area contributed by atoms with Crippen LogP contribution in [0, 0.1) is 19.8 Å². The molecule has 1 aromatic carbocycles. The maximum atomic E-state index is 13.0. The summed E-state index contributed by atoms with van der Waals surface area (Å²) < 4.78 is 0. The van der Waals surface area contributed by atoms with Gasteiger partial charge in [-0.3, -0.25) is 9.69 Å². The summed E-state index contributed by atoms with van der Waals surface area (Å²) in [4.78, 5) is 23.4. The molecule has 0 saturated carbocycles. The number of carbonyl (C=O) groups excluding carboxylic acids is 1. The summed E-state index contributed by atoms with van der Waals surface area (Å²) in [7, 11) is 0. The van der Waals surface area contributed by atoms with Crippen molar-refractivity contribution >= 4 is 22.9 Å². The van der Waals surface area contributed by atoms with E-state index in [2.05, 4.69) is 41.9 Å². The zero-order valence-electron chi connectivity index (χ0n) is 15.0. The minimum absolute atomic E-state index is 0.173. The fraction of sp³-hybridized carbons (Fsp3) is 0.500. The Bertz CT molecular complexity index is 777. The van der Waals surface area contributed by atoms with Crippen molar-refractivity contribution in [3.63, 3.8) is 0 Å². The van der Waals surface area contributed by atoms with E-state index in [1.54, 1.807) is 11.3 Å².